The van der Waals surface area contributed by atoms with Gasteiger partial charge in [-0.1, -0.05) is 66.7 Å². The predicted molar refractivity (Wildman–Crippen MR) is 183 cm³/mol. The second-order valence-corrected chi connectivity index (χ2v) is 14.4. The van der Waals surface area contributed by atoms with E-state index < -0.39 is 31.2 Å². The second kappa shape index (κ2) is 13.8. The van der Waals surface area contributed by atoms with Crippen LogP contribution >= 0.6 is 7.26 Å². The standard InChI is InChI=1S/C38H34NO6P/c1-25(2)43-37(42)33-35(31(24-39)34(41)30-22-14-15-23-32(30)40)45-38(44-26(3)4)36(33)46(27-16-8-5-9-17-27,28-18-10-6-11-19-28)29-20-12-7-13-21-29/h5-23,25-26,39H,1-4H3/p+1. The van der Waals surface area contributed by atoms with Gasteiger partial charge in [-0.15, -0.1) is 0 Å². The van der Waals surface area contributed by atoms with Crippen LogP contribution in [0.4, 0.5) is 0 Å². The van der Waals surface area contributed by atoms with Crippen LogP contribution in [0.3, 0.4) is 0 Å². The molecule has 0 aliphatic heterocycles. The molecule has 1 heterocycles. The van der Waals surface area contributed by atoms with Crippen molar-refractivity contribution in [3.8, 4) is 11.7 Å². The molecular formula is C38H35NO6P+. The maximum absolute atomic E-state index is 14.4. The van der Waals surface area contributed by atoms with E-state index in [0.29, 0.717) is 5.30 Å². The molecule has 0 fully saturated rings. The molecule has 232 valence electrons. The van der Waals surface area contributed by atoms with Crippen molar-refractivity contribution in [2.75, 3.05) is 0 Å². The normalized spacial score (nSPS) is 11.3. The zero-order valence-corrected chi connectivity index (χ0v) is 27.0. The van der Waals surface area contributed by atoms with Gasteiger partial charge in [0.2, 0.25) is 11.1 Å². The lowest BCUT2D eigenvalue weighted by molar-refractivity contribution is 0.0378. The number of carbonyl (C=O) groups excluding carboxylic acids is 2. The van der Waals surface area contributed by atoms with E-state index in [1.165, 1.54) is 12.1 Å². The number of Topliss-reactive ketones (excluding diaryl/α,β-unsaturated/α-hetero) is 1. The first kappa shape index (κ1) is 32.2. The molecule has 0 radical (unpaired) electrons. The predicted octanol–water partition coefficient (Wildman–Crippen LogP) is 6.47. The number of aromatic hydroxyl groups is 1. The number of esters is 1. The average Bonchev–Trinajstić information content (AvgIpc) is 3.41. The van der Waals surface area contributed by atoms with E-state index in [0.717, 1.165) is 15.9 Å². The molecule has 0 atom stereocenters. The first-order valence-corrected chi connectivity index (χ1v) is 16.7. The molecule has 0 amide bonds. The van der Waals surface area contributed by atoms with Gasteiger partial charge in [0.15, 0.2) is 18.6 Å². The summed E-state index contributed by atoms with van der Waals surface area (Å²) in [5, 5.41) is 21.9. The quantitative estimate of drug-likeness (QED) is 0.0568. The van der Waals surface area contributed by atoms with Crippen LogP contribution in [0.2, 0.25) is 0 Å². The average molecular weight is 633 g/mol. The van der Waals surface area contributed by atoms with Crippen molar-refractivity contribution >= 4 is 51.7 Å². The number of furan rings is 1. The summed E-state index contributed by atoms with van der Waals surface area (Å²) >= 11 is 0. The second-order valence-electron chi connectivity index (χ2n) is 11.1. The van der Waals surface area contributed by atoms with Crippen molar-refractivity contribution in [3.63, 3.8) is 0 Å². The fourth-order valence-corrected chi connectivity index (χ4v) is 9.87. The molecule has 46 heavy (non-hydrogen) atoms. The third-order valence-corrected chi connectivity index (χ3v) is 11.5. The molecule has 0 unspecified atom stereocenters. The smallest absolute Gasteiger partial charge is 0.346 e. The number of allylic oxidation sites excluding steroid dienone is 1. The molecule has 2 N–H and O–H groups in total. The lowest BCUT2D eigenvalue weighted by Gasteiger charge is -2.28. The third kappa shape index (κ3) is 6.03. The number of para-hydroxylation sites is 1. The number of phenolic OH excluding ortho intramolecular Hbond substituents is 1. The van der Waals surface area contributed by atoms with Crippen LogP contribution in [-0.2, 0) is 4.74 Å². The summed E-state index contributed by atoms with van der Waals surface area (Å²) in [6.45, 7) is 7.15. The zero-order chi connectivity index (χ0) is 32.8. The summed E-state index contributed by atoms with van der Waals surface area (Å²) < 4.78 is 18.7. The maximum Gasteiger partial charge on any atom is 0.346 e. The number of rotatable bonds is 11. The van der Waals surface area contributed by atoms with Crippen molar-refractivity contribution in [2.24, 2.45) is 0 Å². The molecule has 0 saturated heterocycles. The van der Waals surface area contributed by atoms with E-state index in [4.69, 9.17) is 19.3 Å². The molecule has 0 aliphatic rings. The molecule has 0 spiro atoms. The number of ether oxygens (including phenoxy) is 2. The summed E-state index contributed by atoms with van der Waals surface area (Å²) in [4.78, 5) is 28.4. The Morgan fingerprint density at radius 2 is 1.22 bits per heavy atom. The highest BCUT2D eigenvalue weighted by Gasteiger charge is 2.56. The Morgan fingerprint density at radius 3 is 1.65 bits per heavy atom. The molecule has 7 nitrogen and oxygen atoms in total. The van der Waals surface area contributed by atoms with Crippen molar-refractivity contribution in [1.82, 2.24) is 0 Å². The molecule has 1 aromatic heterocycles. The van der Waals surface area contributed by atoms with E-state index in [9.17, 15) is 14.7 Å². The summed E-state index contributed by atoms with van der Waals surface area (Å²) in [5.41, 5.74) is -0.461. The minimum atomic E-state index is -3.06. The topological polar surface area (TPSA) is 110 Å². The van der Waals surface area contributed by atoms with Gasteiger partial charge in [-0.05, 0) is 82.1 Å². The SMILES string of the molecule is CC(C)OC(=O)c1c(C(=C=N)C(=O)c2ccccc2O)oc(OC(C)C)c1[P+](c1ccccc1)(c1ccccc1)c1ccccc1. The van der Waals surface area contributed by atoms with Gasteiger partial charge in [-0.3, -0.25) is 10.2 Å². The van der Waals surface area contributed by atoms with Crippen molar-refractivity contribution in [1.29, 1.82) is 5.41 Å². The number of ketones is 1. The fourth-order valence-electron chi connectivity index (χ4n) is 5.44. The maximum atomic E-state index is 14.4. The molecule has 5 rings (SSSR count). The Labute approximate surface area is 269 Å². The highest BCUT2D eigenvalue weighted by molar-refractivity contribution is 8.01. The van der Waals surface area contributed by atoms with Crippen LogP contribution in [0.1, 0.15) is 54.2 Å². The molecule has 0 bridgehead atoms. The number of benzene rings is 4. The highest BCUT2D eigenvalue weighted by atomic mass is 31.2. The molecule has 0 saturated carbocycles. The van der Waals surface area contributed by atoms with Crippen LogP contribution in [0.15, 0.2) is 120 Å². The van der Waals surface area contributed by atoms with Gasteiger partial charge < -0.3 is 19.0 Å². The van der Waals surface area contributed by atoms with Crippen molar-refractivity contribution in [3.05, 3.63) is 132 Å². The molecule has 5 aromatic rings. The third-order valence-electron chi connectivity index (χ3n) is 7.24. The van der Waals surface area contributed by atoms with E-state index in [2.05, 4.69) is 5.87 Å². The van der Waals surface area contributed by atoms with E-state index in [1.54, 1.807) is 26.0 Å². The van der Waals surface area contributed by atoms with Gasteiger partial charge >= 0.3 is 11.9 Å². The van der Waals surface area contributed by atoms with Gasteiger partial charge in [-0.25, -0.2) is 4.79 Å². The van der Waals surface area contributed by atoms with Gasteiger partial charge in [0.1, 0.15) is 27.2 Å². The number of hydrogen-bond acceptors (Lipinski definition) is 7. The summed E-state index contributed by atoms with van der Waals surface area (Å²) in [6, 6.07) is 35.5. The molecular weight excluding hydrogens is 597 g/mol. The Kier molecular flexibility index (Phi) is 9.67. The number of carbonyl (C=O) groups is 2. The van der Waals surface area contributed by atoms with E-state index in [-0.39, 0.29) is 34.2 Å². The van der Waals surface area contributed by atoms with Crippen molar-refractivity contribution < 1.29 is 28.6 Å². The summed E-state index contributed by atoms with van der Waals surface area (Å²) in [5.74, 6) is 0.265. The molecule has 8 heteroatoms. The van der Waals surface area contributed by atoms with Crippen molar-refractivity contribution in [2.45, 2.75) is 39.9 Å². The first-order valence-electron chi connectivity index (χ1n) is 14.9. The van der Waals surface area contributed by atoms with Crippen LogP contribution < -0.4 is 26.0 Å². The van der Waals surface area contributed by atoms with Gasteiger partial charge in [-0.2, -0.15) is 0 Å². The Bertz CT molecular complexity index is 1800. The van der Waals surface area contributed by atoms with Crippen LogP contribution in [0, 0.1) is 5.41 Å². The first-order chi connectivity index (χ1) is 22.2. The summed E-state index contributed by atoms with van der Waals surface area (Å²) in [6.07, 6.45) is -0.908. The van der Waals surface area contributed by atoms with Crippen LogP contribution in [0.5, 0.6) is 11.7 Å². The lowest BCUT2D eigenvalue weighted by atomic mass is 9.99. The van der Waals surface area contributed by atoms with E-state index >= 15 is 0 Å². The Hall–Kier alpha value is -5.22. The number of hydrogen-bond donors (Lipinski definition) is 2. The minimum Gasteiger partial charge on any atom is -0.507 e. The molecule has 4 aromatic carbocycles. The summed E-state index contributed by atoms with van der Waals surface area (Å²) in [7, 11) is -3.06. The fraction of sp³-hybridized carbons (Fsp3) is 0.158. The van der Waals surface area contributed by atoms with E-state index in [1.807, 2.05) is 105 Å². The zero-order valence-electron chi connectivity index (χ0n) is 26.1. The Morgan fingerprint density at radius 1 is 0.739 bits per heavy atom. The largest absolute Gasteiger partial charge is 0.507 e. The number of nitrogens with one attached hydrogen (secondary N) is 1. The number of phenols is 1. The van der Waals surface area contributed by atoms with Gasteiger partial charge in [0.25, 0.3) is 0 Å². The van der Waals surface area contributed by atoms with Gasteiger partial charge in [0, 0.05) is 0 Å². The molecule has 0 aliphatic carbocycles. The lowest BCUT2D eigenvalue weighted by Crippen LogP contribution is -2.41. The van der Waals surface area contributed by atoms with Crippen LogP contribution in [0.25, 0.3) is 5.57 Å². The van der Waals surface area contributed by atoms with Gasteiger partial charge in [0.05, 0.1) is 17.8 Å². The highest BCUT2D eigenvalue weighted by Crippen LogP contribution is 2.58. The minimum absolute atomic E-state index is 0.0310. The van der Waals surface area contributed by atoms with Crippen LogP contribution in [-0.4, -0.2) is 34.9 Å². The Balaban J connectivity index is 1.99. The monoisotopic (exact) mass is 632 g/mol.